The molecule has 1 aromatic carbocycles. The van der Waals surface area contributed by atoms with Gasteiger partial charge in [-0.3, -0.25) is 4.79 Å². The smallest absolute Gasteiger partial charge is 0.340 e. The molecule has 1 amide bonds. The van der Waals surface area contributed by atoms with Crippen LogP contribution in [-0.4, -0.2) is 43.1 Å². The largest absolute Gasteiger partial charge is 0.465 e. The number of nitrogens with zero attached hydrogens (tertiary/aromatic N) is 1. The molecule has 0 N–H and O–H groups in total. The Morgan fingerprint density at radius 2 is 2.20 bits per heavy atom. The van der Waals surface area contributed by atoms with Crippen LogP contribution in [0.5, 0.6) is 0 Å². The highest BCUT2D eigenvalue weighted by Crippen LogP contribution is 2.33. The predicted molar refractivity (Wildman–Crippen MR) is 97.5 cm³/mol. The maximum absolute atomic E-state index is 13.0. The number of amides is 1. The number of esters is 1. The fourth-order valence-electron chi connectivity index (χ4n) is 3.19. The number of rotatable bonds is 4. The Labute approximate surface area is 155 Å². The maximum atomic E-state index is 13.0. The molecule has 6 heteroatoms. The van der Waals surface area contributed by atoms with Crippen molar-refractivity contribution in [1.82, 2.24) is 4.90 Å². The van der Waals surface area contributed by atoms with Crippen molar-refractivity contribution in [2.75, 3.05) is 20.3 Å². The minimum atomic E-state index is -0.501. The second kappa shape index (κ2) is 7.54. The molecule has 0 aromatic heterocycles. The summed E-state index contributed by atoms with van der Waals surface area (Å²) in [5.41, 5.74) is 2.13. The Hall–Kier alpha value is -1.92. The van der Waals surface area contributed by atoms with Crippen LogP contribution >= 0.6 is 15.9 Å². The number of halogens is 1. The van der Waals surface area contributed by atoms with Gasteiger partial charge in [-0.25, -0.2) is 4.79 Å². The number of carbonyl (C=O) groups is 2. The molecule has 1 aromatic rings. The Balaban J connectivity index is 2.00. The minimum Gasteiger partial charge on any atom is -0.465 e. The van der Waals surface area contributed by atoms with Crippen molar-refractivity contribution in [3.8, 4) is 0 Å². The Morgan fingerprint density at radius 1 is 1.44 bits per heavy atom. The van der Waals surface area contributed by atoms with Crippen molar-refractivity contribution in [2.45, 2.75) is 25.9 Å². The van der Waals surface area contributed by atoms with Gasteiger partial charge in [0.15, 0.2) is 0 Å². The second-order valence-corrected chi connectivity index (χ2v) is 6.94. The van der Waals surface area contributed by atoms with Crippen molar-refractivity contribution in [2.24, 2.45) is 0 Å². The first-order chi connectivity index (χ1) is 12.0. The normalized spacial score (nSPS) is 22.2. The summed E-state index contributed by atoms with van der Waals surface area (Å²) in [6, 6.07) is 7.56. The molecule has 0 radical (unpaired) electrons. The summed E-state index contributed by atoms with van der Waals surface area (Å²) < 4.78 is 11.4. The van der Waals surface area contributed by atoms with Gasteiger partial charge in [-0.15, -0.1) is 0 Å². The molecule has 2 aliphatic rings. The molecule has 0 bridgehead atoms. The molecule has 1 atom stereocenters. The summed E-state index contributed by atoms with van der Waals surface area (Å²) in [6.45, 7) is 2.96. The Kier molecular flexibility index (Phi) is 5.39. The first kappa shape index (κ1) is 17.9. The molecule has 0 aliphatic carbocycles. The van der Waals surface area contributed by atoms with Crippen LogP contribution in [0.15, 0.2) is 45.6 Å². The molecule has 5 nitrogen and oxygen atoms in total. The molecule has 0 saturated carbocycles. The third-order valence-corrected chi connectivity index (χ3v) is 5.24. The van der Waals surface area contributed by atoms with Gasteiger partial charge in [0.25, 0.3) is 5.91 Å². The maximum Gasteiger partial charge on any atom is 0.340 e. The number of benzene rings is 1. The van der Waals surface area contributed by atoms with Gasteiger partial charge in [0.05, 0.1) is 30.9 Å². The van der Waals surface area contributed by atoms with E-state index in [1.165, 1.54) is 7.11 Å². The fourth-order valence-corrected chi connectivity index (χ4v) is 3.59. The summed E-state index contributed by atoms with van der Waals surface area (Å²) >= 11 is 3.48. The van der Waals surface area contributed by atoms with E-state index in [2.05, 4.69) is 15.9 Å². The lowest BCUT2D eigenvalue weighted by Gasteiger charge is -2.21. The van der Waals surface area contributed by atoms with Gasteiger partial charge in [-0.1, -0.05) is 34.1 Å². The lowest BCUT2D eigenvalue weighted by Crippen LogP contribution is -2.33. The molecule has 3 rings (SSSR count). The highest BCUT2D eigenvalue weighted by Gasteiger charge is 2.38. The number of ether oxygens (including phenoxy) is 2. The zero-order chi connectivity index (χ0) is 18.0. The SMILES string of the molecule is COC(=O)C1=C(C)N(C[C@H]2CCCO2)C(=O)/C1=C\c1ccccc1Br. The third kappa shape index (κ3) is 3.55. The van der Waals surface area contributed by atoms with Crippen LogP contribution in [0.3, 0.4) is 0 Å². The van der Waals surface area contributed by atoms with Crippen LogP contribution in [0.25, 0.3) is 6.08 Å². The summed E-state index contributed by atoms with van der Waals surface area (Å²) in [4.78, 5) is 26.9. The van der Waals surface area contributed by atoms with Crippen molar-refractivity contribution in [3.05, 3.63) is 51.1 Å². The summed E-state index contributed by atoms with van der Waals surface area (Å²) in [5.74, 6) is -0.692. The average Bonchev–Trinajstić information content (AvgIpc) is 3.19. The zero-order valence-electron chi connectivity index (χ0n) is 14.3. The summed E-state index contributed by atoms with van der Waals surface area (Å²) in [6.07, 6.45) is 3.67. The van der Waals surface area contributed by atoms with Gasteiger partial charge < -0.3 is 14.4 Å². The van der Waals surface area contributed by atoms with Crippen molar-refractivity contribution in [3.63, 3.8) is 0 Å². The van der Waals surface area contributed by atoms with Gasteiger partial charge in [0.1, 0.15) is 0 Å². The molecular weight excluding hydrogens is 386 g/mol. The van der Waals surface area contributed by atoms with E-state index in [0.29, 0.717) is 23.4 Å². The number of allylic oxidation sites excluding steroid dienone is 1. The molecule has 1 fully saturated rings. The number of hydrogen-bond donors (Lipinski definition) is 0. The van der Waals surface area contributed by atoms with E-state index in [9.17, 15) is 9.59 Å². The van der Waals surface area contributed by atoms with Gasteiger partial charge in [0, 0.05) is 16.8 Å². The number of hydrogen-bond acceptors (Lipinski definition) is 4. The zero-order valence-corrected chi connectivity index (χ0v) is 15.8. The van der Waals surface area contributed by atoms with E-state index in [1.54, 1.807) is 17.9 Å². The topological polar surface area (TPSA) is 55.8 Å². The quantitative estimate of drug-likeness (QED) is 0.569. The monoisotopic (exact) mass is 405 g/mol. The fraction of sp³-hybridized carbons (Fsp3) is 0.368. The average molecular weight is 406 g/mol. The van der Waals surface area contributed by atoms with Crippen LogP contribution in [-0.2, 0) is 19.1 Å². The predicted octanol–water partition coefficient (Wildman–Crippen LogP) is 3.30. The van der Waals surface area contributed by atoms with Gasteiger partial charge in [0.2, 0.25) is 0 Å². The lowest BCUT2D eigenvalue weighted by molar-refractivity contribution is -0.136. The molecule has 1 saturated heterocycles. The van der Waals surface area contributed by atoms with E-state index in [4.69, 9.17) is 9.47 Å². The second-order valence-electron chi connectivity index (χ2n) is 6.08. The van der Waals surface area contributed by atoms with Gasteiger partial charge in [-0.2, -0.15) is 0 Å². The standard InChI is InChI=1S/C19H20BrNO4/c1-12-17(19(23)24-2)15(10-13-6-3-4-8-16(13)20)18(22)21(12)11-14-7-5-9-25-14/h3-4,6,8,10,14H,5,7,9,11H2,1-2H3/b15-10-/t14-/m1/s1. The van der Waals surface area contributed by atoms with Crippen molar-refractivity contribution >= 4 is 33.9 Å². The van der Waals surface area contributed by atoms with Crippen LogP contribution in [0.4, 0.5) is 0 Å². The first-order valence-corrected chi connectivity index (χ1v) is 9.01. The van der Waals surface area contributed by atoms with Crippen LogP contribution in [0, 0.1) is 0 Å². The molecule has 2 heterocycles. The third-order valence-electron chi connectivity index (χ3n) is 4.52. The van der Waals surface area contributed by atoms with Crippen LogP contribution < -0.4 is 0 Å². The highest BCUT2D eigenvalue weighted by molar-refractivity contribution is 9.10. The first-order valence-electron chi connectivity index (χ1n) is 8.22. The number of methoxy groups -OCH3 is 1. The molecule has 2 aliphatic heterocycles. The molecule has 25 heavy (non-hydrogen) atoms. The highest BCUT2D eigenvalue weighted by atomic mass is 79.9. The van der Waals surface area contributed by atoms with Crippen molar-refractivity contribution in [1.29, 1.82) is 0 Å². The van der Waals surface area contributed by atoms with E-state index >= 15 is 0 Å². The summed E-state index contributed by atoms with van der Waals surface area (Å²) in [5, 5.41) is 0. The van der Waals surface area contributed by atoms with E-state index in [1.807, 2.05) is 24.3 Å². The van der Waals surface area contributed by atoms with E-state index in [0.717, 1.165) is 29.5 Å². The number of carbonyl (C=O) groups excluding carboxylic acids is 2. The van der Waals surface area contributed by atoms with Crippen LogP contribution in [0.1, 0.15) is 25.3 Å². The van der Waals surface area contributed by atoms with E-state index < -0.39 is 5.97 Å². The Bertz CT molecular complexity index is 762. The van der Waals surface area contributed by atoms with Gasteiger partial charge >= 0.3 is 5.97 Å². The van der Waals surface area contributed by atoms with Gasteiger partial charge in [-0.05, 0) is 37.5 Å². The van der Waals surface area contributed by atoms with Crippen molar-refractivity contribution < 1.29 is 19.1 Å². The lowest BCUT2D eigenvalue weighted by atomic mass is 10.0. The van der Waals surface area contributed by atoms with Crippen LogP contribution in [0.2, 0.25) is 0 Å². The molecular formula is C19H20BrNO4. The Morgan fingerprint density at radius 3 is 2.84 bits per heavy atom. The molecule has 0 spiro atoms. The molecule has 0 unspecified atom stereocenters. The van der Waals surface area contributed by atoms with E-state index in [-0.39, 0.29) is 12.0 Å². The molecule has 132 valence electrons. The summed E-state index contributed by atoms with van der Waals surface area (Å²) in [7, 11) is 1.33. The minimum absolute atomic E-state index is 0.0145.